The predicted octanol–water partition coefficient (Wildman–Crippen LogP) is 7.52. The van der Waals surface area contributed by atoms with Gasteiger partial charge in [-0.25, -0.2) is 9.48 Å². The molecular formula is C36H44N6O2. The molecule has 44 heavy (non-hydrogen) atoms. The number of rotatable bonds is 9. The van der Waals surface area contributed by atoms with Crippen molar-refractivity contribution in [3.63, 3.8) is 0 Å². The van der Waals surface area contributed by atoms with Crippen molar-refractivity contribution in [2.75, 3.05) is 35.6 Å². The molecule has 1 aromatic heterocycles. The number of piperidine rings is 1. The van der Waals surface area contributed by atoms with E-state index in [1.165, 1.54) is 0 Å². The average Bonchev–Trinajstić information content (AvgIpc) is 3.44. The highest BCUT2D eigenvalue weighted by Crippen LogP contribution is 2.38. The van der Waals surface area contributed by atoms with Crippen LogP contribution in [0.4, 0.5) is 22.0 Å². The van der Waals surface area contributed by atoms with E-state index in [9.17, 15) is 9.59 Å². The Hall–Kier alpha value is -4.43. The van der Waals surface area contributed by atoms with Crippen LogP contribution >= 0.6 is 0 Å². The number of benzene rings is 3. The monoisotopic (exact) mass is 592 g/mol. The molecule has 4 N–H and O–H groups in total. The summed E-state index contributed by atoms with van der Waals surface area (Å²) in [6.07, 6.45) is 1.77. The van der Waals surface area contributed by atoms with Crippen molar-refractivity contribution in [3.05, 3.63) is 101 Å². The number of carbonyl (C=O) groups is 2. The second-order valence-electron chi connectivity index (χ2n) is 12.6. The van der Waals surface area contributed by atoms with Gasteiger partial charge in [0.05, 0.1) is 17.3 Å². The van der Waals surface area contributed by atoms with E-state index in [1.54, 1.807) is 4.68 Å². The number of aryl methyl sites for hydroxylation is 1. The van der Waals surface area contributed by atoms with Crippen molar-refractivity contribution >= 4 is 29.0 Å². The van der Waals surface area contributed by atoms with Crippen LogP contribution in [0.1, 0.15) is 73.6 Å². The lowest BCUT2D eigenvalue weighted by Gasteiger charge is -2.31. The van der Waals surface area contributed by atoms with Crippen LogP contribution in [0.5, 0.6) is 0 Å². The zero-order valence-corrected chi connectivity index (χ0v) is 26.4. The van der Waals surface area contributed by atoms with Crippen molar-refractivity contribution < 1.29 is 9.59 Å². The van der Waals surface area contributed by atoms with Gasteiger partial charge in [-0.1, -0.05) is 56.7 Å². The highest BCUT2D eigenvalue weighted by atomic mass is 16.2. The minimum absolute atomic E-state index is 0.0712. The summed E-state index contributed by atoms with van der Waals surface area (Å²) in [6, 6.07) is 25.0. The highest BCUT2D eigenvalue weighted by Gasteiger charge is 2.33. The molecule has 1 unspecified atom stereocenters. The van der Waals surface area contributed by atoms with Crippen LogP contribution in [-0.4, -0.2) is 41.2 Å². The van der Waals surface area contributed by atoms with Gasteiger partial charge in [0.25, 0.3) is 0 Å². The molecule has 4 aromatic rings. The zero-order chi connectivity index (χ0) is 31.3. The van der Waals surface area contributed by atoms with E-state index in [-0.39, 0.29) is 23.0 Å². The van der Waals surface area contributed by atoms with Gasteiger partial charge in [-0.3, -0.25) is 10.1 Å². The number of urea groups is 1. The van der Waals surface area contributed by atoms with Crippen LogP contribution in [0.15, 0.2) is 78.9 Å². The number of nitrogens with zero attached hydrogens (tertiary/aromatic N) is 2. The third-order valence-electron chi connectivity index (χ3n) is 8.23. The van der Waals surface area contributed by atoms with Gasteiger partial charge in [0.2, 0.25) is 0 Å². The van der Waals surface area contributed by atoms with Crippen molar-refractivity contribution in [1.82, 2.24) is 15.1 Å². The number of para-hydroxylation sites is 1. The SMILES string of the molecule is CCNc1ccc(C(=O)C(c2ccccc2NC(=O)Nc2cc(C(C)(C)C)nn2-c2ccc(C)cc2)C2CCNCC2)cc1. The lowest BCUT2D eigenvalue weighted by atomic mass is 9.75. The zero-order valence-electron chi connectivity index (χ0n) is 26.4. The maximum absolute atomic E-state index is 14.2. The van der Waals surface area contributed by atoms with E-state index in [1.807, 2.05) is 92.7 Å². The Morgan fingerprint density at radius 2 is 1.64 bits per heavy atom. The molecule has 5 rings (SSSR count). The summed E-state index contributed by atoms with van der Waals surface area (Å²) in [4.78, 5) is 27.8. The molecule has 2 heterocycles. The normalized spacial score (nSPS) is 14.6. The second-order valence-corrected chi connectivity index (χ2v) is 12.6. The highest BCUT2D eigenvalue weighted by molar-refractivity contribution is 6.04. The summed E-state index contributed by atoms with van der Waals surface area (Å²) < 4.78 is 1.77. The average molecular weight is 593 g/mol. The first kappa shape index (κ1) is 31.0. The van der Waals surface area contributed by atoms with Gasteiger partial charge in [0.1, 0.15) is 5.82 Å². The van der Waals surface area contributed by atoms with Gasteiger partial charge >= 0.3 is 6.03 Å². The van der Waals surface area contributed by atoms with E-state index >= 15 is 0 Å². The van der Waals surface area contributed by atoms with Crippen molar-refractivity contribution in [2.24, 2.45) is 5.92 Å². The van der Waals surface area contributed by atoms with E-state index in [4.69, 9.17) is 5.10 Å². The Morgan fingerprint density at radius 1 is 0.955 bits per heavy atom. The fourth-order valence-electron chi connectivity index (χ4n) is 5.79. The second kappa shape index (κ2) is 13.5. The number of amides is 2. The maximum Gasteiger partial charge on any atom is 0.324 e. The van der Waals surface area contributed by atoms with Crippen LogP contribution in [0.25, 0.3) is 5.69 Å². The van der Waals surface area contributed by atoms with Crippen molar-refractivity contribution in [2.45, 2.75) is 58.8 Å². The van der Waals surface area contributed by atoms with Crippen LogP contribution < -0.4 is 21.3 Å². The summed E-state index contributed by atoms with van der Waals surface area (Å²) in [5.74, 6) is 0.409. The minimum atomic E-state index is -0.391. The Balaban J connectivity index is 1.44. The lowest BCUT2D eigenvalue weighted by Crippen LogP contribution is -2.34. The standard InChI is InChI=1S/C36H44N6O2/c1-6-38-27-15-13-26(14-16-27)34(43)33(25-19-21-37-22-20-25)29-9-7-8-10-30(29)39-35(44)40-32-23-31(36(3,4)5)41-42(32)28-17-11-24(2)12-18-28/h7-18,23,25,33,37-38H,6,19-22H2,1-5H3,(H2,39,40,44). The molecule has 3 aromatic carbocycles. The summed E-state index contributed by atoms with van der Waals surface area (Å²) in [5, 5.41) is 17.7. The first-order valence-corrected chi connectivity index (χ1v) is 15.6. The molecule has 8 nitrogen and oxygen atoms in total. The summed E-state index contributed by atoms with van der Waals surface area (Å²) in [6.45, 7) is 12.9. The Labute approximate surface area is 260 Å². The fourth-order valence-corrected chi connectivity index (χ4v) is 5.79. The molecule has 0 radical (unpaired) electrons. The number of hydrogen-bond acceptors (Lipinski definition) is 5. The van der Waals surface area contributed by atoms with Crippen LogP contribution in [0.2, 0.25) is 0 Å². The first-order valence-electron chi connectivity index (χ1n) is 15.6. The molecule has 1 saturated heterocycles. The lowest BCUT2D eigenvalue weighted by molar-refractivity contribution is 0.0916. The Bertz CT molecular complexity index is 1580. The number of Topliss-reactive ketones (excluding diaryl/α,β-unsaturated/α-hetero) is 1. The van der Waals surface area contributed by atoms with Gasteiger partial charge in [-0.15, -0.1) is 0 Å². The largest absolute Gasteiger partial charge is 0.385 e. The summed E-state index contributed by atoms with van der Waals surface area (Å²) >= 11 is 0. The Morgan fingerprint density at radius 3 is 2.30 bits per heavy atom. The molecule has 1 atom stereocenters. The third kappa shape index (κ3) is 7.19. The maximum atomic E-state index is 14.2. The first-order chi connectivity index (χ1) is 21.1. The molecule has 1 fully saturated rings. The smallest absolute Gasteiger partial charge is 0.324 e. The predicted molar refractivity (Wildman–Crippen MR) is 179 cm³/mol. The number of aromatic nitrogens is 2. The van der Waals surface area contributed by atoms with Crippen molar-refractivity contribution in [3.8, 4) is 5.69 Å². The van der Waals surface area contributed by atoms with E-state index in [2.05, 4.69) is 42.0 Å². The third-order valence-corrected chi connectivity index (χ3v) is 8.23. The molecule has 1 aliphatic rings. The quantitative estimate of drug-likeness (QED) is 0.151. The molecular weight excluding hydrogens is 548 g/mol. The Kier molecular flexibility index (Phi) is 9.49. The molecule has 0 spiro atoms. The van der Waals surface area contributed by atoms with E-state index < -0.39 is 6.03 Å². The summed E-state index contributed by atoms with van der Waals surface area (Å²) in [7, 11) is 0. The molecule has 230 valence electrons. The van der Waals surface area contributed by atoms with Crippen LogP contribution in [0.3, 0.4) is 0 Å². The molecule has 8 heteroatoms. The van der Waals surface area contributed by atoms with Gasteiger partial charge in [0, 0.05) is 35.0 Å². The van der Waals surface area contributed by atoms with Crippen LogP contribution in [0, 0.1) is 12.8 Å². The van der Waals surface area contributed by atoms with E-state index in [0.717, 1.165) is 60.7 Å². The number of nitrogens with one attached hydrogen (secondary N) is 4. The number of carbonyl (C=O) groups excluding carboxylic acids is 2. The van der Waals surface area contributed by atoms with E-state index in [0.29, 0.717) is 17.1 Å². The van der Waals surface area contributed by atoms with Gasteiger partial charge in [-0.05, 0) is 93.7 Å². The van der Waals surface area contributed by atoms with Gasteiger partial charge in [0.15, 0.2) is 5.78 Å². The van der Waals surface area contributed by atoms with Crippen LogP contribution in [-0.2, 0) is 5.41 Å². The molecule has 1 aliphatic heterocycles. The molecule has 0 aliphatic carbocycles. The fraction of sp³-hybridized carbons (Fsp3) is 0.361. The number of ketones is 1. The van der Waals surface area contributed by atoms with Gasteiger partial charge < -0.3 is 16.0 Å². The number of anilines is 3. The van der Waals surface area contributed by atoms with Gasteiger partial charge in [-0.2, -0.15) is 5.10 Å². The number of hydrogen-bond donors (Lipinski definition) is 4. The summed E-state index contributed by atoms with van der Waals surface area (Å²) in [5.41, 5.74) is 5.78. The van der Waals surface area contributed by atoms with Crippen molar-refractivity contribution in [1.29, 1.82) is 0 Å². The molecule has 0 saturated carbocycles. The topological polar surface area (TPSA) is 100 Å². The molecule has 0 bridgehead atoms. The minimum Gasteiger partial charge on any atom is -0.385 e. The molecule has 2 amide bonds.